The number of hydrogen-bond acceptors (Lipinski definition) is 5. The zero-order chi connectivity index (χ0) is 16.5. The Hall–Kier alpha value is -1.47. The van der Waals surface area contributed by atoms with Gasteiger partial charge in [-0.05, 0) is 31.6 Å². The van der Waals surface area contributed by atoms with Crippen LogP contribution in [0.5, 0.6) is 0 Å². The van der Waals surface area contributed by atoms with Gasteiger partial charge in [-0.2, -0.15) is 0 Å². The summed E-state index contributed by atoms with van der Waals surface area (Å²) >= 11 is 1.45. The summed E-state index contributed by atoms with van der Waals surface area (Å²) in [4.78, 5) is 33.4. The van der Waals surface area contributed by atoms with Gasteiger partial charge in [-0.1, -0.05) is 0 Å². The maximum atomic E-state index is 12.7. The summed E-state index contributed by atoms with van der Waals surface area (Å²) in [6.07, 6.45) is 4.27. The fourth-order valence-corrected chi connectivity index (χ4v) is 4.84. The van der Waals surface area contributed by atoms with Gasteiger partial charge in [0.15, 0.2) is 0 Å². The van der Waals surface area contributed by atoms with Crippen LogP contribution in [-0.4, -0.2) is 65.0 Å². The molecule has 0 bridgehead atoms. The Morgan fingerprint density at radius 1 is 1.25 bits per heavy atom. The minimum absolute atomic E-state index is 0.0177. The number of carbonyl (C=O) groups is 2. The predicted molar refractivity (Wildman–Crippen MR) is 89.8 cm³/mol. The molecule has 3 saturated heterocycles. The van der Waals surface area contributed by atoms with Crippen molar-refractivity contribution in [3.63, 3.8) is 0 Å². The first-order valence-corrected chi connectivity index (χ1v) is 9.74. The van der Waals surface area contributed by atoms with Crippen molar-refractivity contribution in [2.75, 3.05) is 26.3 Å². The van der Waals surface area contributed by atoms with E-state index in [0.29, 0.717) is 18.0 Å². The lowest BCUT2D eigenvalue weighted by atomic mass is 9.92. The van der Waals surface area contributed by atoms with Crippen molar-refractivity contribution in [2.45, 2.75) is 44.2 Å². The second-order valence-corrected chi connectivity index (χ2v) is 7.65. The molecule has 3 aliphatic rings. The minimum Gasteiger partial charge on any atom is -0.381 e. The van der Waals surface area contributed by atoms with Crippen molar-refractivity contribution < 1.29 is 14.3 Å². The zero-order valence-corrected chi connectivity index (χ0v) is 14.5. The summed E-state index contributed by atoms with van der Waals surface area (Å²) in [5.74, 6) is 0.805. The van der Waals surface area contributed by atoms with E-state index < -0.39 is 0 Å². The number of fused-ring (bicyclic) bond motifs is 1. The topological polar surface area (TPSA) is 62.7 Å². The number of thiazole rings is 1. The first-order valence-electron chi connectivity index (χ1n) is 8.80. The molecule has 4 rings (SSSR count). The zero-order valence-electron chi connectivity index (χ0n) is 13.7. The number of carbonyl (C=O) groups excluding carboxylic acids is 2. The molecule has 3 fully saturated rings. The molecule has 2 atom stereocenters. The van der Waals surface area contributed by atoms with Crippen molar-refractivity contribution in [1.29, 1.82) is 0 Å². The van der Waals surface area contributed by atoms with Crippen molar-refractivity contribution in [2.24, 2.45) is 5.92 Å². The van der Waals surface area contributed by atoms with Gasteiger partial charge in [-0.25, -0.2) is 4.98 Å². The molecular formula is C17H23N3O3S. The molecule has 4 heterocycles. The molecule has 1 aromatic heterocycles. The van der Waals surface area contributed by atoms with Crippen LogP contribution >= 0.6 is 11.3 Å². The number of amides is 2. The number of nitrogens with zero attached hydrogens (tertiary/aromatic N) is 3. The molecular weight excluding hydrogens is 326 g/mol. The quantitative estimate of drug-likeness (QED) is 0.834. The van der Waals surface area contributed by atoms with Crippen LogP contribution in [0.3, 0.4) is 0 Å². The lowest BCUT2D eigenvalue weighted by Gasteiger charge is -2.41. The Labute approximate surface area is 145 Å². The fourth-order valence-electron chi connectivity index (χ4n) is 4.31. The molecule has 130 valence electrons. The van der Waals surface area contributed by atoms with Gasteiger partial charge in [-0.15, -0.1) is 11.3 Å². The van der Waals surface area contributed by atoms with Crippen LogP contribution in [0.2, 0.25) is 0 Å². The SMILES string of the molecule is O=C1CC[C@@H]2[C@@H](CCN2C(=O)c2cscn2)N1CC1CCOCC1. The Morgan fingerprint density at radius 3 is 2.83 bits per heavy atom. The highest BCUT2D eigenvalue weighted by atomic mass is 32.1. The molecule has 1 aromatic rings. The van der Waals surface area contributed by atoms with E-state index in [9.17, 15) is 9.59 Å². The second-order valence-electron chi connectivity index (χ2n) is 6.94. The molecule has 7 heteroatoms. The second kappa shape index (κ2) is 6.80. The van der Waals surface area contributed by atoms with Crippen molar-refractivity contribution in [3.05, 3.63) is 16.6 Å². The molecule has 0 aromatic carbocycles. The fraction of sp³-hybridized carbons (Fsp3) is 0.706. The summed E-state index contributed by atoms with van der Waals surface area (Å²) in [5.41, 5.74) is 2.23. The highest BCUT2D eigenvalue weighted by Crippen LogP contribution is 2.33. The van der Waals surface area contributed by atoms with E-state index in [0.717, 1.165) is 52.0 Å². The summed E-state index contributed by atoms with van der Waals surface area (Å²) in [7, 11) is 0. The molecule has 0 saturated carbocycles. The largest absolute Gasteiger partial charge is 0.381 e. The van der Waals surface area contributed by atoms with Crippen LogP contribution in [0.25, 0.3) is 0 Å². The normalized spacial score (nSPS) is 28.2. The molecule has 0 unspecified atom stereocenters. The Bertz CT molecular complexity index is 600. The Morgan fingerprint density at radius 2 is 2.08 bits per heavy atom. The average molecular weight is 349 g/mol. The van der Waals surface area contributed by atoms with Crippen LogP contribution in [0.4, 0.5) is 0 Å². The Balaban J connectivity index is 1.47. The van der Waals surface area contributed by atoms with Gasteiger partial charge in [0.05, 0.1) is 17.6 Å². The van der Waals surface area contributed by atoms with Gasteiger partial charge in [0.25, 0.3) is 5.91 Å². The van der Waals surface area contributed by atoms with E-state index in [-0.39, 0.29) is 23.9 Å². The standard InChI is InChI=1S/C17H23N3O3S/c21-16-2-1-14-15(20(16)9-12-4-7-23-8-5-12)3-6-19(14)17(22)13-10-24-11-18-13/h10-12,14-15H,1-9H2/t14-,15-/m1/s1. The highest BCUT2D eigenvalue weighted by molar-refractivity contribution is 7.07. The van der Waals surface area contributed by atoms with E-state index in [1.54, 1.807) is 5.51 Å². The van der Waals surface area contributed by atoms with E-state index in [2.05, 4.69) is 9.88 Å². The van der Waals surface area contributed by atoms with Crippen LogP contribution in [0.1, 0.15) is 42.6 Å². The van der Waals surface area contributed by atoms with Gasteiger partial charge >= 0.3 is 0 Å². The molecule has 24 heavy (non-hydrogen) atoms. The van der Waals surface area contributed by atoms with Crippen molar-refractivity contribution in [1.82, 2.24) is 14.8 Å². The van der Waals surface area contributed by atoms with Crippen molar-refractivity contribution >= 4 is 23.2 Å². The highest BCUT2D eigenvalue weighted by Gasteiger charge is 2.45. The number of aromatic nitrogens is 1. The summed E-state index contributed by atoms with van der Waals surface area (Å²) in [6.45, 7) is 3.15. The smallest absolute Gasteiger partial charge is 0.273 e. The third-order valence-corrected chi connectivity index (χ3v) is 6.18. The lowest BCUT2D eigenvalue weighted by Crippen LogP contribution is -2.54. The first-order chi connectivity index (χ1) is 11.7. The Kier molecular flexibility index (Phi) is 4.54. The number of likely N-dealkylation sites (tertiary alicyclic amines) is 2. The number of ether oxygens (including phenoxy) is 1. The van der Waals surface area contributed by atoms with E-state index in [1.807, 2.05) is 10.3 Å². The van der Waals surface area contributed by atoms with Crippen molar-refractivity contribution in [3.8, 4) is 0 Å². The van der Waals surface area contributed by atoms with E-state index >= 15 is 0 Å². The third kappa shape index (κ3) is 2.95. The van der Waals surface area contributed by atoms with E-state index in [4.69, 9.17) is 4.74 Å². The summed E-state index contributed by atoms with van der Waals surface area (Å²) in [6, 6.07) is 0.327. The van der Waals surface area contributed by atoms with Crippen LogP contribution in [0.15, 0.2) is 10.9 Å². The van der Waals surface area contributed by atoms with Gasteiger partial charge in [0, 0.05) is 38.1 Å². The maximum Gasteiger partial charge on any atom is 0.273 e. The molecule has 6 nitrogen and oxygen atoms in total. The minimum atomic E-state index is 0.0177. The first kappa shape index (κ1) is 16.0. The molecule has 0 radical (unpaired) electrons. The molecule has 3 aliphatic heterocycles. The predicted octanol–water partition coefficient (Wildman–Crippen LogP) is 1.78. The number of hydrogen-bond donors (Lipinski definition) is 0. The maximum absolute atomic E-state index is 12.7. The lowest BCUT2D eigenvalue weighted by molar-refractivity contribution is -0.138. The van der Waals surface area contributed by atoms with Gasteiger partial charge in [0.2, 0.25) is 5.91 Å². The average Bonchev–Trinajstić information content (AvgIpc) is 3.27. The molecule has 0 aliphatic carbocycles. The number of rotatable bonds is 3. The molecule has 0 spiro atoms. The third-order valence-electron chi connectivity index (χ3n) is 5.59. The van der Waals surface area contributed by atoms with Crippen LogP contribution < -0.4 is 0 Å². The summed E-state index contributed by atoms with van der Waals surface area (Å²) in [5, 5.41) is 1.81. The molecule has 0 N–H and O–H groups in total. The van der Waals surface area contributed by atoms with Gasteiger partial charge in [-0.3, -0.25) is 9.59 Å². The number of piperidine rings is 1. The van der Waals surface area contributed by atoms with Crippen LogP contribution in [0, 0.1) is 5.92 Å². The molecule has 2 amide bonds. The van der Waals surface area contributed by atoms with Crippen LogP contribution in [-0.2, 0) is 9.53 Å². The van der Waals surface area contributed by atoms with Gasteiger partial charge < -0.3 is 14.5 Å². The monoisotopic (exact) mass is 349 g/mol. The summed E-state index contributed by atoms with van der Waals surface area (Å²) < 4.78 is 5.43. The van der Waals surface area contributed by atoms with Gasteiger partial charge in [0.1, 0.15) is 5.69 Å². The van der Waals surface area contributed by atoms with E-state index in [1.165, 1.54) is 11.3 Å².